The lowest BCUT2D eigenvalue weighted by Gasteiger charge is -2.34. The maximum atomic E-state index is 13.0. The van der Waals surface area contributed by atoms with Gasteiger partial charge in [-0.2, -0.15) is 4.31 Å². The molecule has 176 valence electrons. The smallest absolute Gasteiger partial charge is 0.255 e. The van der Waals surface area contributed by atoms with E-state index in [-0.39, 0.29) is 23.0 Å². The first-order valence-electron chi connectivity index (χ1n) is 11.3. The molecule has 1 saturated carbocycles. The van der Waals surface area contributed by atoms with Crippen LogP contribution in [-0.2, 0) is 14.8 Å². The van der Waals surface area contributed by atoms with Crippen LogP contribution in [0.3, 0.4) is 0 Å². The van der Waals surface area contributed by atoms with Gasteiger partial charge in [0.1, 0.15) is 0 Å². The third-order valence-corrected chi connectivity index (χ3v) is 8.15. The van der Waals surface area contributed by atoms with Crippen molar-refractivity contribution in [1.29, 1.82) is 0 Å². The van der Waals surface area contributed by atoms with E-state index < -0.39 is 15.8 Å². The average molecular weight is 473 g/mol. The van der Waals surface area contributed by atoms with E-state index in [1.54, 1.807) is 18.2 Å². The zero-order valence-corrected chi connectivity index (χ0v) is 19.6. The standard InChI is InChI=1S/C24H28N2O6S/c1-16-14-26(15-17(2)30-16)33(28,29)20-8-5-18(6-9-20)23(27)25-19-7-10-21-22(13-19)32-24(31-21)11-3-4-12-24/h5-10,13,16-17H,3-4,11-12,14-15H2,1-2H3,(H,25,27)/t16-,17-/m0/s1. The van der Waals surface area contributed by atoms with Crippen molar-refractivity contribution in [3.8, 4) is 11.5 Å². The van der Waals surface area contributed by atoms with Gasteiger partial charge in [-0.05, 0) is 63.1 Å². The average Bonchev–Trinajstić information content (AvgIpc) is 3.38. The molecule has 9 heteroatoms. The molecule has 2 aliphatic heterocycles. The Hall–Kier alpha value is -2.62. The Bertz CT molecular complexity index is 1150. The van der Waals surface area contributed by atoms with Crippen LogP contribution in [0.5, 0.6) is 11.5 Å². The van der Waals surface area contributed by atoms with Crippen molar-refractivity contribution in [1.82, 2.24) is 4.31 Å². The molecule has 0 aromatic heterocycles. The molecule has 1 saturated heterocycles. The molecule has 0 radical (unpaired) electrons. The number of amides is 1. The van der Waals surface area contributed by atoms with E-state index in [0.717, 1.165) is 25.7 Å². The molecule has 2 heterocycles. The summed E-state index contributed by atoms with van der Waals surface area (Å²) in [7, 11) is -3.66. The highest BCUT2D eigenvalue weighted by molar-refractivity contribution is 7.89. The molecular formula is C24H28N2O6S. The summed E-state index contributed by atoms with van der Waals surface area (Å²) in [5.41, 5.74) is 0.952. The number of carbonyl (C=O) groups is 1. The Morgan fingerprint density at radius 3 is 2.27 bits per heavy atom. The predicted molar refractivity (Wildman–Crippen MR) is 122 cm³/mol. The van der Waals surface area contributed by atoms with Crippen LogP contribution in [0.15, 0.2) is 47.4 Å². The van der Waals surface area contributed by atoms with Gasteiger partial charge in [0.2, 0.25) is 10.0 Å². The number of hydrogen-bond acceptors (Lipinski definition) is 6. The first kappa shape index (κ1) is 22.2. The van der Waals surface area contributed by atoms with E-state index in [1.165, 1.54) is 28.6 Å². The summed E-state index contributed by atoms with van der Waals surface area (Å²) in [5, 5.41) is 2.85. The molecule has 3 aliphatic rings. The van der Waals surface area contributed by atoms with Crippen molar-refractivity contribution in [3.63, 3.8) is 0 Å². The van der Waals surface area contributed by atoms with E-state index in [1.807, 2.05) is 13.8 Å². The van der Waals surface area contributed by atoms with Crippen molar-refractivity contribution in [2.45, 2.75) is 62.4 Å². The highest BCUT2D eigenvalue weighted by Gasteiger charge is 2.44. The largest absolute Gasteiger partial charge is 0.448 e. The quantitative estimate of drug-likeness (QED) is 0.728. The molecule has 1 amide bonds. The molecule has 1 N–H and O–H groups in total. The van der Waals surface area contributed by atoms with Crippen LogP contribution in [0.25, 0.3) is 0 Å². The Morgan fingerprint density at radius 2 is 1.61 bits per heavy atom. The van der Waals surface area contributed by atoms with Gasteiger partial charge in [-0.15, -0.1) is 0 Å². The molecule has 2 aromatic carbocycles. The normalized spacial score (nSPS) is 24.2. The minimum Gasteiger partial charge on any atom is -0.448 e. The molecule has 8 nitrogen and oxygen atoms in total. The van der Waals surface area contributed by atoms with E-state index >= 15 is 0 Å². The van der Waals surface area contributed by atoms with Crippen LogP contribution in [0.2, 0.25) is 0 Å². The van der Waals surface area contributed by atoms with E-state index in [9.17, 15) is 13.2 Å². The number of rotatable bonds is 4. The van der Waals surface area contributed by atoms with Gasteiger partial charge >= 0.3 is 0 Å². The molecule has 1 aliphatic carbocycles. The Balaban J connectivity index is 1.27. The van der Waals surface area contributed by atoms with Crippen molar-refractivity contribution in [3.05, 3.63) is 48.0 Å². The van der Waals surface area contributed by atoms with Crippen molar-refractivity contribution >= 4 is 21.6 Å². The van der Waals surface area contributed by atoms with Crippen LogP contribution in [0.4, 0.5) is 5.69 Å². The fourth-order valence-electron chi connectivity index (χ4n) is 4.75. The first-order valence-corrected chi connectivity index (χ1v) is 12.8. The van der Waals surface area contributed by atoms with Gasteiger partial charge in [0.25, 0.3) is 11.7 Å². The lowest BCUT2D eigenvalue weighted by molar-refractivity contribution is -0.0716. The lowest BCUT2D eigenvalue weighted by atomic mass is 10.2. The first-order chi connectivity index (χ1) is 15.7. The van der Waals surface area contributed by atoms with Gasteiger partial charge in [-0.1, -0.05) is 0 Å². The molecule has 1 spiro atoms. The van der Waals surface area contributed by atoms with Gasteiger partial charge in [0.05, 0.1) is 17.1 Å². The predicted octanol–water partition coefficient (Wildman–Crippen LogP) is 3.78. The number of nitrogens with zero attached hydrogens (tertiary/aromatic N) is 1. The second kappa shape index (κ2) is 8.30. The number of hydrogen-bond donors (Lipinski definition) is 1. The molecule has 2 fully saturated rings. The monoisotopic (exact) mass is 472 g/mol. The van der Waals surface area contributed by atoms with Crippen LogP contribution in [0, 0.1) is 0 Å². The third-order valence-electron chi connectivity index (χ3n) is 6.30. The number of benzene rings is 2. The maximum absolute atomic E-state index is 13.0. The topological polar surface area (TPSA) is 94.2 Å². The van der Waals surface area contributed by atoms with Gasteiger partial charge in [-0.3, -0.25) is 4.79 Å². The zero-order valence-electron chi connectivity index (χ0n) is 18.7. The van der Waals surface area contributed by atoms with Crippen LogP contribution in [-0.4, -0.2) is 49.7 Å². The van der Waals surface area contributed by atoms with Gasteiger partial charge in [-0.25, -0.2) is 8.42 Å². The van der Waals surface area contributed by atoms with Crippen molar-refractivity contribution in [2.24, 2.45) is 0 Å². The lowest BCUT2D eigenvalue weighted by Crippen LogP contribution is -2.48. The molecule has 2 atom stereocenters. The molecule has 5 rings (SSSR count). The number of nitrogens with one attached hydrogen (secondary N) is 1. The number of ether oxygens (including phenoxy) is 3. The minimum atomic E-state index is -3.66. The number of fused-ring (bicyclic) bond motifs is 1. The summed E-state index contributed by atoms with van der Waals surface area (Å²) in [6.07, 6.45) is 3.54. The molecule has 2 aromatic rings. The molecule has 0 unspecified atom stereocenters. The van der Waals surface area contributed by atoms with Gasteiger partial charge in [0.15, 0.2) is 11.5 Å². The molecule has 0 bridgehead atoms. The van der Waals surface area contributed by atoms with E-state index in [4.69, 9.17) is 14.2 Å². The second-order valence-corrected chi connectivity index (χ2v) is 11.0. The molecular weight excluding hydrogens is 444 g/mol. The van der Waals surface area contributed by atoms with E-state index in [0.29, 0.717) is 35.8 Å². The third kappa shape index (κ3) is 4.32. The number of sulfonamides is 1. The summed E-state index contributed by atoms with van der Waals surface area (Å²) < 4.78 is 45.1. The summed E-state index contributed by atoms with van der Waals surface area (Å²) in [6, 6.07) is 11.3. The Labute approximate surface area is 193 Å². The van der Waals surface area contributed by atoms with Gasteiger partial charge < -0.3 is 19.5 Å². The van der Waals surface area contributed by atoms with Crippen LogP contribution < -0.4 is 14.8 Å². The number of morpholine rings is 1. The highest BCUT2D eigenvalue weighted by Crippen LogP contribution is 2.47. The summed E-state index contributed by atoms with van der Waals surface area (Å²) in [6.45, 7) is 4.32. The maximum Gasteiger partial charge on any atom is 0.255 e. The number of anilines is 1. The fraction of sp³-hybridized carbons (Fsp3) is 0.458. The van der Waals surface area contributed by atoms with Crippen molar-refractivity contribution < 1.29 is 27.4 Å². The Kier molecular flexibility index (Phi) is 5.58. The zero-order chi connectivity index (χ0) is 23.2. The van der Waals surface area contributed by atoms with Crippen LogP contribution in [0.1, 0.15) is 49.9 Å². The summed E-state index contributed by atoms with van der Waals surface area (Å²) >= 11 is 0. The molecule has 33 heavy (non-hydrogen) atoms. The summed E-state index contributed by atoms with van der Waals surface area (Å²) in [5.74, 6) is 0.436. The van der Waals surface area contributed by atoms with Crippen molar-refractivity contribution in [2.75, 3.05) is 18.4 Å². The second-order valence-electron chi connectivity index (χ2n) is 9.04. The Morgan fingerprint density at radius 1 is 0.970 bits per heavy atom. The summed E-state index contributed by atoms with van der Waals surface area (Å²) in [4.78, 5) is 12.9. The minimum absolute atomic E-state index is 0.158. The fourth-order valence-corrected chi connectivity index (χ4v) is 6.34. The SMILES string of the molecule is C[C@H]1CN(S(=O)(=O)c2ccc(C(=O)Nc3ccc4c(c3)OC3(CCCC3)O4)cc2)C[C@H](C)O1. The van der Waals surface area contributed by atoms with E-state index in [2.05, 4.69) is 5.32 Å². The van der Waals surface area contributed by atoms with Crippen LogP contribution >= 0.6 is 0 Å². The highest BCUT2D eigenvalue weighted by atomic mass is 32.2. The van der Waals surface area contributed by atoms with Gasteiger partial charge in [0, 0.05) is 43.2 Å². The number of carbonyl (C=O) groups excluding carboxylic acids is 1.